The molecule has 2 spiro atoms. The molecule has 0 amide bonds. The normalized spacial score (nSPS) is 16.0. The molecule has 0 aromatic heterocycles. The van der Waals surface area contributed by atoms with E-state index in [2.05, 4.69) is 445 Å². The van der Waals surface area contributed by atoms with Gasteiger partial charge in [-0.3, -0.25) is 0 Å². The first-order chi connectivity index (χ1) is 59.5. The molecule has 0 heteroatoms. The molecule has 0 saturated heterocycles. The minimum atomic E-state index is -0.264. The standard InChI is InChI=1S/2C26H20.2C19H20.2C16H16/c1-19-11-10-17-23-22-16-8-9-18-24(22)26(25(19)23,20-12-4-2-5-13-20)21-14-6-3-7-15-21;1-19-16-17-25-23(18-19)22-14-8-9-15-24(22)26(25,20-10-4-2-5-11-20)21-12-6-3-7-13-21;2*1-14-8-7-10-16-15-9-3-4-11-17(15)19(18(14)16)12-5-2-6-13-19;1-11-7-6-9-13-12-8-4-5-10-14(12)16(2,3)15(11)13;1-11-8-9-15-13(10-11)12-6-4-5-7-14(12)16(15,2)3/h2*2-18H,1H3;2*3-4,7-11H,2,5-6,12-13H2,1H3;2*4-10H,1-3H3. The quantitative estimate of drug-likeness (QED) is 0.165. The van der Waals surface area contributed by atoms with Crippen LogP contribution in [0.4, 0.5) is 0 Å². The highest BCUT2D eigenvalue weighted by molar-refractivity contribution is 5.90. The van der Waals surface area contributed by atoms with E-state index in [9.17, 15) is 0 Å². The minimum Gasteiger partial charge on any atom is -0.0622 e. The van der Waals surface area contributed by atoms with Crippen molar-refractivity contribution in [1.82, 2.24) is 0 Å². The summed E-state index contributed by atoms with van der Waals surface area (Å²) in [5.41, 5.74) is 49.0. The van der Waals surface area contributed by atoms with Crippen molar-refractivity contribution in [1.29, 1.82) is 0 Å². The van der Waals surface area contributed by atoms with Crippen molar-refractivity contribution >= 4 is 0 Å². The number of hydrogen-bond acceptors (Lipinski definition) is 0. The minimum absolute atomic E-state index is 0.150. The van der Waals surface area contributed by atoms with Crippen LogP contribution < -0.4 is 0 Å². The number of rotatable bonds is 4. The molecule has 2 saturated carbocycles. The molecule has 0 bridgehead atoms. The zero-order valence-electron chi connectivity index (χ0n) is 72.9. The van der Waals surface area contributed by atoms with E-state index in [-0.39, 0.29) is 21.7 Å². The van der Waals surface area contributed by atoms with Crippen LogP contribution in [0.1, 0.15) is 214 Å². The first kappa shape index (κ1) is 79.3. The molecule has 24 rings (SSSR count). The van der Waals surface area contributed by atoms with Crippen LogP contribution in [0, 0.1) is 41.5 Å². The van der Waals surface area contributed by atoms with Gasteiger partial charge < -0.3 is 0 Å². The summed E-state index contributed by atoms with van der Waals surface area (Å²) in [5.74, 6) is 0. The third-order valence-corrected chi connectivity index (χ3v) is 29.2. The van der Waals surface area contributed by atoms with Gasteiger partial charge in [0, 0.05) is 21.7 Å². The molecule has 2 fully saturated rings. The maximum atomic E-state index is 2.38. The Labute approximate surface area is 726 Å². The van der Waals surface area contributed by atoms with E-state index >= 15 is 0 Å². The summed E-state index contributed by atoms with van der Waals surface area (Å²) in [6, 6.07) is 138. The van der Waals surface area contributed by atoms with Crippen LogP contribution in [0.15, 0.2) is 376 Å². The summed E-state index contributed by atoms with van der Waals surface area (Å²) in [7, 11) is 0. The lowest BCUT2D eigenvalue weighted by atomic mass is 9.67. The first-order valence-corrected chi connectivity index (χ1v) is 45.0. The summed E-state index contributed by atoms with van der Waals surface area (Å²) in [4.78, 5) is 0. The summed E-state index contributed by atoms with van der Waals surface area (Å²) < 4.78 is 0. The Bertz CT molecular complexity index is 6360. The summed E-state index contributed by atoms with van der Waals surface area (Å²) >= 11 is 0. The Balaban J connectivity index is 0.0000000974. The van der Waals surface area contributed by atoms with Gasteiger partial charge in [-0.15, -0.1) is 0 Å². The van der Waals surface area contributed by atoms with Crippen molar-refractivity contribution < 1.29 is 0 Å². The van der Waals surface area contributed by atoms with Gasteiger partial charge in [-0.25, -0.2) is 0 Å². The Hall–Kier alpha value is -12.5. The average molecular weight is 1580 g/mol. The van der Waals surface area contributed by atoms with E-state index in [0.717, 1.165) is 0 Å². The maximum Gasteiger partial charge on any atom is 0.0716 e. The second kappa shape index (κ2) is 32.2. The molecule has 8 aliphatic carbocycles. The van der Waals surface area contributed by atoms with Crippen LogP contribution in [-0.2, 0) is 32.5 Å². The fourth-order valence-electron chi connectivity index (χ4n) is 24.2. The van der Waals surface area contributed by atoms with Gasteiger partial charge >= 0.3 is 0 Å². The van der Waals surface area contributed by atoms with E-state index in [1.54, 1.807) is 22.3 Å². The van der Waals surface area contributed by atoms with Gasteiger partial charge in [-0.05, 0) is 245 Å². The van der Waals surface area contributed by atoms with Crippen molar-refractivity contribution in [2.45, 2.75) is 166 Å². The second-order valence-corrected chi connectivity index (χ2v) is 36.9. The van der Waals surface area contributed by atoms with Gasteiger partial charge in [0.1, 0.15) is 0 Å². The molecule has 8 aliphatic rings. The molecule has 0 atom stereocenters. The average Bonchev–Trinajstić information content (AvgIpc) is 1.64. The molecule has 0 heterocycles. The van der Waals surface area contributed by atoms with Crippen LogP contribution in [0.25, 0.3) is 66.8 Å². The number of aryl methyl sites for hydroxylation is 6. The number of fused-ring (bicyclic) bond motifs is 22. The molecule has 16 aromatic carbocycles. The van der Waals surface area contributed by atoms with Crippen LogP contribution in [0.2, 0.25) is 0 Å². The van der Waals surface area contributed by atoms with Crippen LogP contribution >= 0.6 is 0 Å². The monoisotopic (exact) mass is 1580 g/mol. The van der Waals surface area contributed by atoms with Crippen LogP contribution in [-0.4, -0.2) is 0 Å². The lowest BCUT2D eigenvalue weighted by Gasteiger charge is -2.36. The Morgan fingerprint density at radius 1 is 0.172 bits per heavy atom. The SMILES string of the molecule is Cc1ccc2c(c1)-c1ccccc1C2(C)C.Cc1ccc2c(c1)-c1ccccc1C2(c1ccccc1)c1ccccc1.Cc1cccc2c1C(C)(C)c1ccccc1-2.Cc1cccc2c1C(c1ccccc1)(c1ccccc1)c1ccccc1-2.Cc1cccc2c1C1(CCCCC1)c1ccccc1-2.Cc1cccc2c1C1(CCCCC1)c1ccccc1-2. The fourth-order valence-corrected chi connectivity index (χ4v) is 24.2. The Morgan fingerprint density at radius 2 is 0.418 bits per heavy atom. The van der Waals surface area contributed by atoms with Gasteiger partial charge in [-0.2, -0.15) is 0 Å². The molecular weight excluding hydrogens is 1470 g/mol. The molecular formula is C122H112. The van der Waals surface area contributed by atoms with E-state index < -0.39 is 0 Å². The third-order valence-electron chi connectivity index (χ3n) is 29.2. The van der Waals surface area contributed by atoms with E-state index in [1.165, 1.54) is 231 Å². The van der Waals surface area contributed by atoms with Crippen LogP contribution in [0.3, 0.4) is 0 Å². The maximum absolute atomic E-state index is 2.38. The number of benzene rings is 16. The molecule has 16 aromatic rings. The Kier molecular flexibility index (Phi) is 20.9. The Morgan fingerprint density at radius 3 is 0.828 bits per heavy atom. The van der Waals surface area contributed by atoms with Gasteiger partial charge in [-0.1, -0.05) is 453 Å². The smallest absolute Gasteiger partial charge is 0.0622 e. The van der Waals surface area contributed by atoms with Crippen LogP contribution in [0.5, 0.6) is 0 Å². The third kappa shape index (κ3) is 12.9. The lowest BCUT2D eigenvalue weighted by molar-refractivity contribution is 0.351. The molecule has 0 N–H and O–H groups in total. The largest absolute Gasteiger partial charge is 0.0716 e. The molecule has 0 nitrogen and oxygen atoms in total. The van der Waals surface area contributed by atoms with Crippen molar-refractivity contribution in [2.24, 2.45) is 0 Å². The molecule has 122 heavy (non-hydrogen) atoms. The van der Waals surface area contributed by atoms with Crippen molar-refractivity contribution in [3.8, 4) is 66.8 Å². The highest BCUT2D eigenvalue weighted by atomic mass is 14.5. The first-order valence-electron chi connectivity index (χ1n) is 45.0. The van der Waals surface area contributed by atoms with Crippen molar-refractivity contribution in [3.63, 3.8) is 0 Å². The van der Waals surface area contributed by atoms with E-state index in [4.69, 9.17) is 0 Å². The molecule has 0 aliphatic heterocycles. The molecule has 600 valence electrons. The van der Waals surface area contributed by atoms with Crippen molar-refractivity contribution in [2.75, 3.05) is 0 Å². The van der Waals surface area contributed by atoms with Gasteiger partial charge in [0.2, 0.25) is 0 Å². The zero-order valence-corrected chi connectivity index (χ0v) is 72.9. The lowest BCUT2D eigenvalue weighted by Crippen LogP contribution is -2.29. The van der Waals surface area contributed by atoms with E-state index in [1.807, 2.05) is 0 Å². The highest BCUT2D eigenvalue weighted by Crippen LogP contribution is 2.62. The topological polar surface area (TPSA) is 0 Å². The summed E-state index contributed by atoms with van der Waals surface area (Å²) in [6.45, 7) is 22.7. The van der Waals surface area contributed by atoms with Gasteiger partial charge in [0.25, 0.3) is 0 Å². The number of hydrogen-bond donors (Lipinski definition) is 0. The molecule has 0 unspecified atom stereocenters. The van der Waals surface area contributed by atoms with Gasteiger partial charge in [0.15, 0.2) is 0 Å². The van der Waals surface area contributed by atoms with E-state index in [0.29, 0.717) is 10.8 Å². The predicted molar refractivity (Wildman–Crippen MR) is 515 cm³/mol. The predicted octanol–water partition coefficient (Wildman–Crippen LogP) is 31.8. The summed E-state index contributed by atoms with van der Waals surface area (Å²) in [6.07, 6.45) is 13.7. The highest BCUT2D eigenvalue weighted by Gasteiger charge is 2.50. The van der Waals surface area contributed by atoms with Gasteiger partial charge in [0.05, 0.1) is 10.8 Å². The van der Waals surface area contributed by atoms with Crippen molar-refractivity contribution in [3.05, 3.63) is 499 Å². The second-order valence-electron chi connectivity index (χ2n) is 36.9. The fraction of sp³-hybridized carbons (Fsp3) is 0.213. The summed E-state index contributed by atoms with van der Waals surface area (Å²) in [5, 5.41) is 0. The zero-order chi connectivity index (χ0) is 83.5. The molecule has 0 radical (unpaired) electrons.